The van der Waals surface area contributed by atoms with Gasteiger partial charge in [0.15, 0.2) is 0 Å². The third-order valence-electron chi connectivity index (χ3n) is 3.49. The molecular formula is C15H19N3O3. The lowest BCUT2D eigenvalue weighted by molar-refractivity contribution is -0.142. The highest BCUT2D eigenvalue weighted by Gasteiger charge is 2.23. The van der Waals surface area contributed by atoms with Crippen LogP contribution in [0.3, 0.4) is 0 Å². The molecule has 5 N–H and O–H groups in total. The number of carbonyl (C=O) groups excluding carboxylic acids is 1. The summed E-state index contributed by atoms with van der Waals surface area (Å²) in [6, 6.07) is 5.95. The van der Waals surface area contributed by atoms with Crippen LogP contribution < -0.4 is 11.1 Å². The van der Waals surface area contributed by atoms with Gasteiger partial charge in [-0.05, 0) is 18.1 Å². The topological polar surface area (TPSA) is 108 Å². The fraction of sp³-hybridized carbons (Fsp3) is 0.333. The van der Waals surface area contributed by atoms with Gasteiger partial charge in [-0.15, -0.1) is 0 Å². The van der Waals surface area contributed by atoms with E-state index < -0.39 is 24.0 Å². The lowest BCUT2D eigenvalue weighted by atomic mass is 10.0. The minimum atomic E-state index is -1.07. The van der Waals surface area contributed by atoms with Crippen LogP contribution >= 0.6 is 0 Å². The number of aromatic nitrogens is 1. The van der Waals surface area contributed by atoms with Crippen LogP contribution in [-0.4, -0.2) is 34.1 Å². The average molecular weight is 289 g/mol. The summed E-state index contributed by atoms with van der Waals surface area (Å²) in [7, 11) is 0. The number of nitrogens with two attached hydrogens (primary N) is 1. The van der Waals surface area contributed by atoms with Crippen molar-refractivity contribution in [2.45, 2.75) is 31.8 Å². The Labute approximate surface area is 122 Å². The van der Waals surface area contributed by atoms with Crippen molar-refractivity contribution in [2.24, 2.45) is 5.73 Å². The van der Waals surface area contributed by atoms with Gasteiger partial charge < -0.3 is 21.1 Å². The summed E-state index contributed by atoms with van der Waals surface area (Å²) in [5, 5.41) is 12.7. The van der Waals surface area contributed by atoms with Crippen LogP contribution in [0.5, 0.6) is 0 Å². The number of carboxylic acid groups (broad SMARTS) is 1. The molecule has 0 saturated carbocycles. The van der Waals surface area contributed by atoms with Gasteiger partial charge in [0.2, 0.25) is 5.91 Å². The van der Waals surface area contributed by atoms with Crippen molar-refractivity contribution in [1.82, 2.24) is 10.3 Å². The number of hydrogen-bond donors (Lipinski definition) is 4. The van der Waals surface area contributed by atoms with Crippen molar-refractivity contribution in [3.63, 3.8) is 0 Å². The van der Waals surface area contributed by atoms with Gasteiger partial charge in [0.05, 0.1) is 6.04 Å². The number of nitrogens with one attached hydrogen (secondary N) is 2. The van der Waals surface area contributed by atoms with Crippen LogP contribution in [0.25, 0.3) is 10.9 Å². The van der Waals surface area contributed by atoms with Gasteiger partial charge in [0.25, 0.3) is 0 Å². The molecule has 1 heterocycles. The minimum Gasteiger partial charge on any atom is -0.480 e. The smallest absolute Gasteiger partial charge is 0.326 e. The number of rotatable bonds is 6. The second-order valence-electron chi connectivity index (χ2n) is 4.98. The Kier molecular flexibility index (Phi) is 4.59. The first-order valence-electron chi connectivity index (χ1n) is 6.86. The number of aromatic amines is 1. The Balaban J connectivity index is 2.17. The highest BCUT2D eigenvalue weighted by molar-refractivity contribution is 5.88. The van der Waals surface area contributed by atoms with Gasteiger partial charge >= 0.3 is 5.97 Å². The maximum atomic E-state index is 11.8. The molecular weight excluding hydrogens is 270 g/mol. The second-order valence-corrected chi connectivity index (χ2v) is 4.98. The van der Waals surface area contributed by atoms with E-state index in [1.807, 2.05) is 24.3 Å². The standard InChI is InChI=1S/C15H19N3O3/c1-2-11(16)14(19)18-13(15(20)21)7-9-8-17-12-6-4-3-5-10(9)12/h3-6,8,11,13,17H,2,7,16H2,1H3,(H,18,19)(H,20,21)/t11?,13-/m0/s1. The highest BCUT2D eigenvalue weighted by atomic mass is 16.4. The normalized spacial score (nSPS) is 13.8. The number of carbonyl (C=O) groups is 2. The van der Waals surface area contributed by atoms with E-state index in [4.69, 9.17) is 5.73 Å². The zero-order valence-corrected chi connectivity index (χ0v) is 11.8. The molecule has 6 nitrogen and oxygen atoms in total. The first kappa shape index (κ1) is 15.1. The monoisotopic (exact) mass is 289 g/mol. The van der Waals surface area contributed by atoms with Crippen molar-refractivity contribution >= 4 is 22.8 Å². The molecule has 1 unspecified atom stereocenters. The van der Waals surface area contributed by atoms with E-state index in [9.17, 15) is 14.7 Å². The number of amides is 1. The maximum absolute atomic E-state index is 11.8. The van der Waals surface area contributed by atoms with Crippen molar-refractivity contribution in [2.75, 3.05) is 0 Å². The summed E-state index contributed by atoms with van der Waals surface area (Å²) in [4.78, 5) is 26.2. The molecule has 1 aromatic carbocycles. The first-order chi connectivity index (χ1) is 10.0. The molecule has 0 fully saturated rings. The molecule has 0 aliphatic rings. The Bertz CT molecular complexity index is 650. The third kappa shape index (κ3) is 3.41. The number of H-pyrrole nitrogens is 1. The van der Waals surface area contributed by atoms with E-state index in [2.05, 4.69) is 10.3 Å². The molecule has 6 heteroatoms. The molecule has 2 atom stereocenters. The van der Waals surface area contributed by atoms with Crippen LogP contribution in [-0.2, 0) is 16.0 Å². The van der Waals surface area contributed by atoms with Gasteiger partial charge in [0.1, 0.15) is 6.04 Å². The molecule has 112 valence electrons. The summed E-state index contributed by atoms with van der Waals surface area (Å²) in [6.07, 6.45) is 2.44. The molecule has 0 aliphatic carbocycles. The summed E-state index contributed by atoms with van der Waals surface area (Å²) in [6.45, 7) is 1.78. The molecule has 21 heavy (non-hydrogen) atoms. The molecule has 2 aromatic rings. The molecule has 2 rings (SSSR count). The Hall–Kier alpha value is -2.34. The summed E-state index contributed by atoms with van der Waals surface area (Å²) in [5.74, 6) is -1.51. The fourth-order valence-corrected chi connectivity index (χ4v) is 2.18. The van der Waals surface area contributed by atoms with Crippen LogP contribution in [0.15, 0.2) is 30.5 Å². The van der Waals surface area contributed by atoms with E-state index in [1.54, 1.807) is 13.1 Å². The van der Waals surface area contributed by atoms with E-state index in [0.29, 0.717) is 6.42 Å². The van der Waals surface area contributed by atoms with E-state index in [-0.39, 0.29) is 6.42 Å². The molecule has 0 spiro atoms. The zero-order valence-electron chi connectivity index (χ0n) is 11.8. The molecule has 0 bridgehead atoms. The van der Waals surface area contributed by atoms with Crippen LogP contribution in [0.1, 0.15) is 18.9 Å². The van der Waals surface area contributed by atoms with Crippen molar-refractivity contribution < 1.29 is 14.7 Å². The number of hydrogen-bond acceptors (Lipinski definition) is 3. The molecule has 0 saturated heterocycles. The van der Waals surface area contributed by atoms with E-state index >= 15 is 0 Å². The van der Waals surface area contributed by atoms with Gasteiger partial charge in [-0.2, -0.15) is 0 Å². The van der Waals surface area contributed by atoms with E-state index in [1.165, 1.54) is 0 Å². The average Bonchev–Trinajstić information content (AvgIpc) is 2.88. The number of benzene rings is 1. The molecule has 0 aliphatic heterocycles. The summed E-state index contributed by atoms with van der Waals surface area (Å²) >= 11 is 0. The SMILES string of the molecule is CCC(N)C(=O)N[C@@H](Cc1c[nH]c2ccccc12)C(=O)O. The van der Waals surface area contributed by atoms with Gasteiger partial charge in [-0.25, -0.2) is 4.79 Å². The maximum Gasteiger partial charge on any atom is 0.326 e. The van der Waals surface area contributed by atoms with Gasteiger partial charge in [-0.1, -0.05) is 25.1 Å². The van der Waals surface area contributed by atoms with Gasteiger partial charge in [-0.3, -0.25) is 4.79 Å². The number of para-hydroxylation sites is 1. The Morgan fingerprint density at radius 1 is 1.38 bits per heavy atom. The fourth-order valence-electron chi connectivity index (χ4n) is 2.18. The van der Waals surface area contributed by atoms with E-state index in [0.717, 1.165) is 16.5 Å². The van der Waals surface area contributed by atoms with Crippen LogP contribution in [0, 0.1) is 0 Å². The Morgan fingerprint density at radius 2 is 2.10 bits per heavy atom. The molecule has 1 amide bonds. The van der Waals surface area contributed by atoms with Crippen molar-refractivity contribution in [3.05, 3.63) is 36.0 Å². The largest absolute Gasteiger partial charge is 0.480 e. The lowest BCUT2D eigenvalue weighted by Crippen LogP contribution is -2.49. The second kappa shape index (κ2) is 6.41. The Morgan fingerprint density at radius 3 is 2.76 bits per heavy atom. The predicted octanol–water partition coefficient (Wildman–Crippen LogP) is 1.02. The number of aliphatic carboxylic acids is 1. The van der Waals surface area contributed by atoms with Gasteiger partial charge in [0, 0.05) is 23.5 Å². The predicted molar refractivity (Wildman–Crippen MR) is 79.8 cm³/mol. The quantitative estimate of drug-likeness (QED) is 0.636. The third-order valence-corrected chi connectivity index (χ3v) is 3.49. The highest BCUT2D eigenvalue weighted by Crippen LogP contribution is 2.19. The van der Waals surface area contributed by atoms with Crippen LogP contribution in [0.4, 0.5) is 0 Å². The summed E-state index contributed by atoms with van der Waals surface area (Å²) in [5.41, 5.74) is 7.41. The first-order valence-corrected chi connectivity index (χ1v) is 6.86. The zero-order chi connectivity index (χ0) is 15.4. The molecule has 1 aromatic heterocycles. The number of carboxylic acids is 1. The number of fused-ring (bicyclic) bond motifs is 1. The lowest BCUT2D eigenvalue weighted by Gasteiger charge is -2.16. The minimum absolute atomic E-state index is 0.210. The molecule has 0 radical (unpaired) electrons. The van der Waals surface area contributed by atoms with Crippen LogP contribution in [0.2, 0.25) is 0 Å². The van der Waals surface area contributed by atoms with Crippen molar-refractivity contribution in [3.8, 4) is 0 Å². The van der Waals surface area contributed by atoms with Crippen molar-refractivity contribution in [1.29, 1.82) is 0 Å². The summed E-state index contributed by atoms with van der Waals surface area (Å²) < 4.78 is 0.